The molecule has 2 aromatic rings. The lowest BCUT2D eigenvalue weighted by Crippen LogP contribution is -1.97. The molecule has 0 amide bonds. The zero-order chi connectivity index (χ0) is 12.1. The largest absolute Gasteiger partial charge is 0.388 e. The Morgan fingerprint density at radius 1 is 1.29 bits per heavy atom. The number of benzene rings is 1. The van der Waals surface area contributed by atoms with Gasteiger partial charge in [-0.05, 0) is 41.7 Å². The molecule has 2 nitrogen and oxygen atoms in total. The van der Waals surface area contributed by atoms with Crippen LogP contribution in [0.3, 0.4) is 0 Å². The predicted molar refractivity (Wildman–Crippen MR) is 72.5 cm³/mol. The monoisotopic (exact) mass is 250 g/mol. The Labute approximate surface area is 106 Å². The Kier molecular flexibility index (Phi) is 4.54. The van der Waals surface area contributed by atoms with Crippen molar-refractivity contribution in [1.29, 1.82) is 0 Å². The number of hydrogen-bond donors (Lipinski definition) is 1. The predicted octanol–water partition coefficient (Wildman–Crippen LogP) is 3.75. The van der Waals surface area contributed by atoms with Gasteiger partial charge in [0.2, 0.25) is 0 Å². The van der Waals surface area contributed by atoms with Crippen LogP contribution in [0.1, 0.15) is 30.9 Å². The molecular weight excluding hydrogens is 232 g/mol. The van der Waals surface area contributed by atoms with Crippen LogP contribution in [0, 0.1) is 0 Å². The number of fused-ring (bicyclic) bond motifs is 1. The highest BCUT2D eigenvalue weighted by Gasteiger charge is 2.12. The summed E-state index contributed by atoms with van der Waals surface area (Å²) in [6.07, 6.45) is 2.47. The lowest BCUT2D eigenvalue weighted by atomic mass is 10.0. The van der Waals surface area contributed by atoms with E-state index in [1.54, 1.807) is 18.4 Å². The average molecular weight is 250 g/mol. The topological polar surface area (TPSA) is 29.5 Å². The number of methoxy groups -OCH3 is 1. The first-order valence-electron chi connectivity index (χ1n) is 5.96. The molecule has 1 unspecified atom stereocenters. The minimum absolute atomic E-state index is 0.344. The third kappa shape index (κ3) is 3.06. The molecule has 0 saturated carbocycles. The molecule has 2 rings (SSSR count). The van der Waals surface area contributed by atoms with Crippen LogP contribution in [0.5, 0.6) is 0 Å². The third-order valence-corrected chi connectivity index (χ3v) is 3.93. The van der Waals surface area contributed by atoms with Gasteiger partial charge in [0.1, 0.15) is 0 Å². The van der Waals surface area contributed by atoms with Crippen molar-refractivity contribution >= 4 is 21.4 Å². The Morgan fingerprint density at radius 3 is 2.94 bits per heavy atom. The molecule has 1 aromatic heterocycles. The second-order valence-corrected chi connectivity index (χ2v) is 5.10. The molecule has 0 aliphatic rings. The SMILES string of the molecule is COCCCCC(O)c1csc2ccccc12. The van der Waals surface area contributed by atoms with Crippen molar-refractivity contribution < 1.29 is 9.84 Å². The molecule has 0 aliphatic carbocycles. The number of rotatable bonds is 6. The number of hydrogen-bond acceptors (Lipinski definition) is 3. The van der Waals surface area contributed by atoms with Crippen molar-refractivity contribution in [3.63, 3.8) is 0 Å². The molecule has 0 radical (unpaired) electrons. The van der Waals surface area contributed by atoms with Gasteiger partial charge >= 0.3 is 0 Å². The van der Waals surface area contributed by atoms with Crippen LogP contribution in [0.4, 0.5) is 0 Å². The van der Waals surface area contributed by atoms with Crippen molar-refractivity contribution in [2.24, 2.45) is 0 Å². The first-order chi connectivity index (χ1) is 8.33. The van der Waals surface area contributed by atoms with Crippen molar-refractivity contribution in [3.8, 4) is 0 Å². The van der Waals surface area contributed by atoms with Crippen LogP contribution < -0.4 is 0 Å². The zero-order valence-corrected chi connectivity index (χ0v) is 10.9. The lowest BCUT2D eigenvalue weighted by molar-refractivity contribution is 0.152. The summed E-state index contributed by atoms with van der Waals surface area (Å²) >= 11 is 1.70. The summed E-state index contributed by atoms with van der Waals surface area (Å²) in [6.45, 7) is 0.775. The molecule has 0 aliphatic heterocycles. The van der Waals surface area contributed by atoms with Gasteiger partial charge in [-0.15, -0.1) is 11.3 Å². The van der Waals surface area contributed by atoms with Crippen molar-refractivity contribution in [3.05, 3.63) is 35.2 Å². The van der Waals surface area contributed by atoms with Crippen LogP contribution >= 0.6 is 11.3 Å². The molecule has 1 heterocycles. The van der Waals surface area contributed by atoms with E-state index in [-0.39, 0.29) is 6.10 Å². The first-order valence-corrected chi connectivity index (χ1v) is 6.84. The number of aliphatic hydroxyl groups is 1. The van der Waals surface area contributed by atoms with Crippen LogP contribution in [-0.4, -0.2) is 18.8 Å². The van der Waals surface area contributed by atoms with E-state index in [0.717, 1.165) is 31.4 Å². The maximum Gasteiger partial charge on any atom is 0.0804 e. The van der Waals surface area contributed by atoms with E-state index >= 15 is 0 Å². The molecule has 3 heteroatoms. The summed E-state index contributed by atoms with van der Waals surface area (Å²) in [7, 11) is 1.71. The minimum Gasteiger partial charge on any atom is -0.388 e. The van der Waals surface area contributed by atoms with Gasteiger partial charge in [-0.25, -0.2) is 0 Å². The highest BCUT2D eigenvalue weighted by Crippen LogP contribution is 2.32. The van der Waals surface area contributed by atoms with Gasteiger partial charge in [-0.3, -0.25) is 0 Å². The van der Waals surface area contributed by atoms with E-state index in [2.05, 4.69) is 17.5 Å². The van der Waals surface area contributed by atoms with Crippen LogP contribution in [-0.2, 0) is 4.74 Å². The summed E-state index contributed by atoms with van der Waals surface area (Å²) < 4.78 is 6.25. The smallest absolute Gasteiger partial charge is 0.0804 e. The maximum absolute atomic E-state index is 10.2. The number of aliphatic hydroxyl groups excluding tert-OH is 1. The molecule has 92 valence electrons. The maximum atomic E-state index is 10.2. The second kappa shape index (κ2) is 6.15. The fraction of sp³-hybridized carbons (Fsp3) is 0.429. The van der Waals surface area contributed by atoms with Gasteiger partial charge < -0.3 is 9.84 Å². The van der Waals surface area contributed by atoms with E-state index in [9.17, 15) is 5.11 Å². The quantitative estimate of drug-likeness (QED) is 0.791. The van der Waals surface area contributed by atoms with Gasteiger partial charge in [-0.1, -0.05) is 18.2 Å². The normalized spacial score (nSPS) is 13.1. The van der Waals surface area contributed by atoms with Crippen molar-refractivity contribution in [2.75, 3.05) is 13.7 Å². The molecule has 1 atom stereocenters. The fourth-order valence-corrected chi connectivity index (χ4v) is 3.00. The Bertz CT molecular complexity index is 464. The minimum atomic E-state index is -0.344. The van der Waals surface area contributed by atoms with Crippen molar-refractivity contribution in [2.45, 2.75) is 25.4 Å². The highest BCUT2D eigenvalue weighted by atomic mass is 32.1. The van der Waals surface area contributed by atoms with E-state index in [4.69, 9.17) is 4.74 Å². The van der Waals surface area contributed by atoms with Crippen molar-refractivity contribution in [1.82, 2.24) is 0 Å². The van der Waals surface area contributed by atoms with E-state index in [1.165, 1.54) is 10.1 Å². The van der Waals surface area contributed by atoms with Crippen LogP contribution in [0.15, 0.2) is 29.6 Å². The van der Waals surface area contributed by atoms with Gasteiger partial charge in [0.25, 0.3) is 0 Å². The van der Waals surface area contributed by atoms with Gasteiger partial charge in [-0.2, -0.15) is 0 Å². The molecule has 1 aromatic carbocycles. The van der Waals surface area contributed by atoms with Gasteiger partial charge in [0.15, 0.2) is 0 Å². The zero-order valence-electron chi connectivity index (χ0n) is 10.1. The summed E-state index contributed by atoms with van der Waals surface area (Å²) in [4.78, 5) is 0. The van der Waals surface area contributed by atoms with Gasteiger partial charge in [0.05, 0.1) is 6.10 Å². The third-order valence-electron chi connectivity index (χ3n) is 2.95. The number of thiophene rings is 1. The summed E-state index contributed by atoms with van der Waals surface area (Å²) in [5, 5.41) is 13.4. The summed E-state index contributed by atoms with van der Waals surface area (Å²) in [5.74, 6) is 0. The molecular formula is C14H18O2S. The van der Waals surface area contributed by atoms with Crippen LogP contribution in [0.2, 0.25) is 0 Å². The summed E-state index contributed by atoms with van der Waals surface area (Å²) in [5.41, 5.74) is 1.07. The highest BCUT2D eigenvalue weighted by molar-refractivity contribution is 7.17. The lowest BCUT2D eigenvalue weighted by Gasteiger charge is -2.09. The average Bonchev–Trinajstić information content (AvgIpc) is 2.78. The second-order valence-electron chi connectivity index (χ2n) is 4.19. The molecule has 1 N–H and O–H groups in total. The van der Waals surface area contributed by atoms with E-state index < -0.39 is 0 Å². The van der Waals surface area contributed by atoms with E-state index in [1.807, 2.05) is 12.1 Å². The molecule has 0 bridgehead atoms. The first kappa shape index (κ1) is 12.6. The number of ether oxygens (including phenoxy) is 1. The van der Waals surface area contributed by atoms with Crippen LogP contribution in [0.25, 0.3) is 10.1 Å². The Hall–Kier alpha value is -0.900. The molecule has 0 saturated heterocycles. The Morgan fingerprint density at radius 2 is 2.12 bits per heavy atom. The molecule has 17 heavy (non-hydrogen) atoms. The van der Waals surface area contributed by atoms with Gasteiger partial charge in [0, 0.05) is 18.4 Å². The molecule has 0 spiro atoms. The standard InChI is InChI=1S/C14H18O2S/c1-16-9-5-4-7-13(15)12-10-17-14-8-3-2-6-11(12)14/h2-3,6,8,10,13,15H,4-5,7,9H2,1H3. The van der Waals surface area contributed by atoms with E-state index in [0.29, 0.717) is 0 Å². The fourth-order valence-electron chi connectivity index (χ4n) is 2.00. The summed E-state index contributed by atoms with van der Waals surface area (Å²) in [6, 6.07) is 8.24. The number of unbranched alkanes of at least 4 members (excludes halogenated alkanes) is 1. The Balaban J connectivity index is 2.01. The molecule has 0 fully saturated rings.